The first-order valence-electron chi connectivity index (χ1n) is 5.80. The van der Waals surface area contributed by atoms with E-state index in [1.54, 1.807) is 0 Å². The summed E-state index contributed by atoms with van der Waals surface area (Å²) >= 11 is 0. The maximum absolute atomic E-state index is 10.7. The van der Waals surface area contributed by atoms with Crippen LogP contribution in [0.2, 0.25) is 0 Å². The predicted molar refractivity (Wildman–Crippen MR) is 63.6 cm³/mol. The molecule has 96 valence electrons. The van der Waals surface area contributed by atoms with Crippen molar-refractivity contribution in [2.24, 2.45) is 0 Å². The summed E-state index contributed by atoms with van der Waals surface area (Å²) in [6, 6.07) is 0. The third-order valence-corrected chi connectivity index (χ3v) is 1.97. The van der Waals surface area contributed by atoms with E-state index in [2.05, 4.69) is 11.7 Å². The van der Waals surface area contributed by atoms with E-state index >= 15 is 0 Å². The molecule has 0 spiro atoms. The second kappa shape index (κ2) is 14.1. The summed E-state index contributed by atoms with van der Waals surface area (Å²) < 4.78 is 4.47. The van der Waals surface area contributed by atoms with Crippen molar-refractivity contribution in [1.29, 1.82) is 0 Å². The summed E-state index contributed by atoms with van der Waals surface area (Å²) in [6.07, 6.45) is 5.09. The third-order valence-electron chi connectivity index (χ3n) is 1.97. The molecule has 0 unspecified atom stereocenters. The van der Waals surface area contributed by atoms with Crippen LogP contribution in [0.4, 0.5) is 0 Å². The molecular formula is C12H24O4. The van der Waals surface area contributed by atoms with E-state index in [1.165, 1.54) is 20.0 Å². The van der Waals surface area contributed by atoms with Crippen molar-refractivity contribution in [1.82, 2.24) is 0 Å². The Morgan fingerprint density at radius 3 is 2.06 bits per heavy atom. The number of hydrogen-bond donors (Lipinski definition) is 1. The first-order valence-corrected chi connectivity index (χ1v) is 5.80. The molecule has 0 saturated heterocycles. The first-order chi connectivity index (χ1) is 7.58. The molecule has 0 radical (unpaired) electrons. The maximum atomic E-state index is 10.7. The topological polar surface area (TPSA) is 63.6 Å². The molecular weight excluding hydrogens is 208 g/mol. The zero-order valence-electron chi connectivity index (χ0n) is 10.6. The SMILES string of the molecule is CCCCCC(=O)CC.COCCC(=O)O. The highest BCUT2D eigenvalue weighted by Gasteiger charge is 1.95. The summed E-state index contributed by atoms with van der Waals surface area (Å²) in [6.45, 7) is 4.38. The van der Waals surface area contributed by atoms with Crippen molar-refractivity contribution in [3.8, 4) is 0 Å². The predicted octanol–water partition coefficient (Wildman–Crippen LogP) is 2.65. The standard InChI is InChI=1S/C8H16O.C4H8O3/c1-3-5-6-7-8(9)4-2;1-7-3-2-4(5)6/h3-7H2,1-2H3;2-3H2,1H3,(H,5,6). The van der Waals surface area contributed by atoms with Crippen LogP contribution in [-0.2, 0) is 14.3 Å². The third kappa shape index (κ3) is 18.8. The Hall–Kier alpha value is -0.900. The highest BCUT2D eigenvalue weighted by atomic mass is 16.5. The number of ketones is 1. The largest absolute Gasteiger partial charge is 0.481 e. The van der Waals surface area contributed by atoms with E-state index in [1.807, 2.05) is 6.92 Å². The van der Waals surface area contributed by atoms with E-state index in [0.29, 0.717) is 18.8 Å². The zero-order chi connectivity index (χ0) is 12.8. The summed E-state index contributed by atoms with van der Waals surface area (Å²) in [7, 11) is 1.48. The van der Waals surface area contributed by atoms with Gasteiger partial charge in [0.05, 0.1) is 13.0 Å². The lowest BCUT2D eigenvalue weighted by Crippen LogP contribution is -1.99. The van der Waals surface area contributed by atoms with Crippen molar-refractivity contribution < 1.29 is 19.4 Å². The van der Waals surface area contributed by atoms with Crippen LogP contribution >= 0.6 is 0 Å². The lowest BCUT2D eigenvalue weighted by atomic mass is 10.1. The van der Waals surface area contributed by atoms with Gasteiger partial charge >= 0.3 is 5.97 Å². The molecule has 0 rings (SSSR count). The number of rotatable bonds is 8. The van der Waals surface area contributed by atoms with E-state index in [-0.39, 0.29) is 6.42 Å². The summed E-state index contributed by atoms with van der Waals surface area (Å²) in [5.41, 5.74) is 0. The van der Waals surface area contributed by atoms with Crippen molar-refractivity contribution in [3.05, 3.63) is 0 Å². The minimum absolute atomic E-state index is 0.0938. The van der Waals surface area contributed by atoms with Gasteiger partial charge in [-0.3, -0.25) is 9.59 Å². The Kier molecular flexibility index (Phi) is 15.4. The lowest BCUT2D eigenvalue weighted by Gasteiger charge is -1.93. The van der Waals surface area contributed by atoms with Gasteiger partial charge in [-0.25, -0.2) is 0 Å². The number of Topliss-reactive ketones (excluding diaryl/α,β-unsaturated/α-hetero) is 1. The fraction of sp³-hybridized carbons (Fsp3) is 0.833. The Morgan fingerprint density at radius 1 is 1.12 bits per heavy atom. The number of aliphatic carboxylic acids is 1. The van der Waals surface area contributed by atoms with Gasteiger partial charge in [0.15, 0.2) is 0 Å². The van der Waals surface area contributed by atoms with Gasteiger partial charge in [-0.15, -0.1) is 0 Å². The first kappa shape index (κ1) is 17.5. The average molecular weight is 232 g/mol. The van der Waals surface area contributed by atoms with Gasteiger partial charge in [-0.1, -0.05) is 26.7 Å². The van der Waals surface area contributed by atoms with Gasteiger partial charge in [0.1, 0.15) is 5.78 Å². The molecule has 0 aromatic rings. The summed E-state index contributed by atoms with van der Waals surface area (Å²) in [4.78, 5) is 20.4. The molecule has 0 aromatic carbocycles. The van der Waals surface area contributed by atoms with Gasteiger partial charge in [-0.05, 0) is 6.42 Å². The lowest BCUT2D eigenvalue weighted by molar-refractivity contribution is -0.138. The number of unbranched alkanes of at least 4 members (excludes halogenated alkanes) is 2. The summed E-state index contributed by atoms with van der Waals surface area (Å²) in [5.74, 6) is -0.412. The number of carbonyl (C=O) groups excluding carboxylic acids is 1. The van der Waals surface area contributed by atoms with E-state index in [9.17, 15) is 9.59 Å². The molecule has 0 fully saturated rings. The van der Waals surface area contributed by atoms with Crippen molar-refractivity contribution >= 4 is 11.8 Å². The molecule has 4 heteroatoms. The molecule has 0 aliphatic heterocycles. The number of methoxy groups -OCH3 is 1. The second-order valence-electron chi connectivity index (χ2n) is 3.49. The van der Waals surface area contributed by atoms with Crippen LogP contribution in [0, 0.1) is 0 Å². The molecule has 0 aromatic heterocycles. The molecule has 0 heterocycles. The molecule has 4 nitrogen and oxygen atoms in total. The van der Waals surface area contributed by atoms with Crippen LogP contribution < -0.4 is 0 Å². The van der Waals surface area contributed by atoms with Crippen molar-refractivity contribution in [3.63, 3.8) is 0 Å². The smallest absolute Gasteiger partial charge is 0.305 e. The average Bonchev–Trinajstić information content (AvgIpc) is 2.27. The molecule has 16 heavy (non-hydrogen) atoms. The molecule has 0 amide bonds. The molecule has 0 aliphatic rings. The number of carbonyl (C=O) groups is 2. The molecule has 1 N–H and O–H groups in total. The van der Waals surface area contributed by atoms with Gasteiger partial charge in [0.25, 0.3) is 0 Å². The number of hydrogen-bond acceptors (Lipinski definition) is 3. The monoisotopic (exact) mass is 232 g/mol. The number of carboxylic acids is 1. The molecule has 0 bridgehead atoms. The van der Waals surface area contributed by atoms with Crippen LogP contribution in [0.1, 0.15) is 52.4 Å². The highest BCUT2D eigenvalue weighted by molar-refractivity contribution is 5.77. The van der Waals surface area contributed by atoms with E-state index in [4.69, 9.17) is 5.11 Å². The second-order valence-corrected chi connectivity index (χ2v) is 3.49. The van der Waals surface area contributed by atoms with Crippen molar-refractivity contribution in [2.75, 3.05) is 13.7 Å². The highest BCUT2D eigenvalue weighted by Crippen LogP contribution is 2.00. The Bertz CT molecular complexity index is 178. The van der Waals surface area contributed by atoms with Gasteiger partial charge in [-0.2, -0.15) is 0 Å². The Morgan fingerprint density at radius 2 is 1.75 bits per heavy atom. The van der Waals surface area contributed by atoms with Crippen LogP contribution in [0.25, 0.3) is 0 Å². The Balaban J connectivity index is 0. The Labute approximate surface area is 98.0 Å². The molecule has 0 saturated carbocycles. The fourth-order valence-electron chi connectivity index (χ4n) is 0.938. The van der Waals surface area contributed by atoms with Crippen LogP contribution in [0.15, 0.2) is 0 Å². The number of carboxylic acid groups (broad SMARTS) is 1. The van der Waals surface area contributed by atoms with Crippen LogP contribution in [0.3, 0.4) is 0 Å². The summed E-state index contributed by atoms with van der Waals surface area (Å²) in [5, 5.41) is 7.96. The van der Waals surface area contributed by atoms with Gasteiger partial charge in [0, 0.05) is 20.0 Å². The fourth-order valence-corrected chi connectivity index (χ4v) is 0.938. The van der Waals surface area contributed by atoms with Crippen LogP contribution in [-0.4, -0.2) is 30.6 Å². The van der Waals surface area contributed by atoms with Crippen molar-refractivity contribution in [2.45, 2.75) is 52.4 Å². The molecule has 0 aliphatic carbocycles. The minimum Gasteiger partial charge on any atom is -0.481 e. The van der Waals surface area contributed by atoms with E-state index < -0.39 is 5.97 Å². The van der Waals surface area contributed by atoms with E-state index in [0.717, 1.165) is 12.8 Å². The molecule has 0 atom stereocenters. The van der Waals surface area contributed by atoms with Gasteiger partial charge < -0.3 is 9.84 Å². The normalized spacial score (nSPS) is 9.19. The number of ether oxygens (including phenoxy) is 1. The minimum atomic E-state index is -0.818. The quantitative estimate of drug-likeness (QED) is 0.653. The van der Waals surface area contributed by atoms with Gasteiger partial charge in [0.2, 0.25) is 0 Å². The zero-order valence-corrected chi connectivity index (χ0v) is 10.6. The maximum Gasteiger partial charge on any atom is 0.305 e. The van der Waals surface area contributed by atoms with Crippen LogP contribution in [0.5, 0.6) is 0 Å².